The molecule has 19 heavy (non-hydrogen) atoms. The van der Waals surface area contributed by atoms with Gasteiger partial charge >= 0.3 is 0 Å². The van der Waals surface area contributed by atoms with Crippen LogP contribution in [0.15, 0.2) is 22.7 Å². The van der Waals surface area contributed by atoms with Gasteiger partial charge in [-0.2, -0.15) is 0 Å². The number of halogens is 2. The summed E-state index contributed by atoms with van der Waals surface area (Å²) in [6.07, 6.45) is 3.44. The minimum absolute atomic E-state index is 0.119. The quantitative estimate of drug-likeness (QED) is 0.922. The van der Waals surface area contributed by atoms with Crippen LogP contribution >= 0.6 is 15.9 Å². The maximum absolute atomic E-state index is 13.5. The highest BCUT2D eigenvalue weighted by Crippen LogP contribution is 2.25. The zero-order valence-electron chi connectivity index (χ0n) is 10.6. The molecule has 1 aliphatic rings. The Bertz CT molecular complexity index is 467. The standard InChI is InChI=1S/C14H17BrFNO2/c15-12-6-5-10(9-13(12)16)14(19)17-7-1-3-11(17)4-2-8-18/h5-6,9,11,18H,1-4,7-8H2. The molecule has 0 radical (unpaired) electrons. The van der Waals surface area contributed by atoms with Crippen LogP contribution < -0.4 is 0 Å². The van der Waals surface area contributed by atoms with E-state index in [4.69, 9.17) is 5.11 Å². The normalized spacial score (nSPS) is 18.9. The zero-order chi connectivity index (χ0) is 13.8. The van der Waals surface area contributed by atoms with Crippen LogP contribution in [0.3, 0.4) is 0 Å². The summed E-state index contributed by atoms with van der Waals surface area (Å²) in [6.45, 7) is 0.859. The van der Waals surface area contributed by atoms with Gasteiger partial charge < -0.3 is 10.0 Å². The topological polar surface area (TPSA) is 40.5 Å². The van der Waals surface area contributed by atoms with Crippen LogP contribution in [0.25, 0.3) is 0 Å². The fourth-order valence-electron chi connectivity index (χ4n) is 2.53. The maximum Gasteiger partial charge on any atom is 0.254 e. The van der Waals surface area contributed by atoms with E-state index in [2.05, 4.69) is 15.9 Å². The zero-order valence-corrected chi connectivity index (χ0v) is 12.2. The number of likely N-dealkylation sites (tertiary alicyclic amines) is 1. The number of hydrogen-bond acceptors (Lipinski definition) is 2. The van der Waals surface area contributed by atoms with Crippen LogP contribution in [-0.4, -0.2) is 35.1 Å². The van der Waals surface area contributed by atoms with E-state index in [1.807, 2.05) is 0 Å². The molecule has 1 saturated heterocycles. The Kier molecular flexibility index (Phi) is 4.93. The van der Waals surface area contributed by atoms with Crippen LogP contribution in [0.4, 0.5) is 4.39 Å². The molecule has 0 spiro atoms. The third-order valence-electron chi connectivity index (χ3n) is 3.50. The molecule has 3 nitrogen and oxygen atoms in total. The number of carbonyl (C=O) groups excluding carboxylic acids is 1. The minimum atomic E-state index is -0.419. The van der Waals surface area contributed by atoms with Gasteiger partial charge in [0.05, 0.1) is 4.47 Å². The Morgan fingerprint density at radius 2 is 2.32 bits per heavy atom. The molecule has 1 aromatic rings. The number of benzene rings is 1. The first-order valence-corrected chi connectivity index (χ1v) is 7.29. The lowest BCUT2D eigenvalue weighted by Gasteiger charge is -2.24. The first-order valence-electron chi connectivity index (χ1n) is 6.50. The molecule has 5 heteroatoms. The Hall–Kier alpha value is -0.940. The first-order chi connectivity index (χ1) is 9.13. The highest BCUT2D eigenvalue weighted by atomic mass is 79.9. The third kappa shape index (κ3) is 3.34. The highest BCUT2D eigenvalue weighted by Gasteiger charge is 2.29. The first kappa shape index (κ1) is 14.5. The largest absolute Gasteiger partial charge is 0.396 e. The number of nitrogens with zero attached hydrogens (tertiary/aromatic N) is 1. The number of hydrogen-bond donors (Lipinski definition) is 1. The van der Waals surface area contributed by atoms with E-state index in [-0.39, 0.29) is 18.6 Å². The van der Waals surface area contributed by atoms with Crippen molar-refractivity contribution in [2.75, 3.05) is 13.2 Å². The van der Waals surface area contributed by atoms with Crippen molar-refractivity contribution in [3.8, 4) is 0 Å². The lowest BCUT2D eigenvalue weighted by Crippen LogP contribution is -2.35. The summed E-state index contributed by atoms with van der Waals surface area (Å²) in [5.41, 5.74) is 0.386. The van der Waals surface area contributed by atoms with E-state index >= 15 is 0 Å². The molecular formula is C14H17BrFNO2. The van der Waals surface area contributed by atoms with E-state index in [9.17, 15) is 9.18 Å². The van der Waals surface area contributed by atoms with E-state index in [0.717, 1.165) is 19.3 Å². The van der Waals surface area contributed by atoms with Crippen LogP contribution in [0.5, 0.6) is 0 Å². The molecule has 1 atom stereocenters. The molecule has 1 heterocycles. The Morgan fingerprint density at radius 1 is 1.53 bits per heavy atom. The van der Waals surface area contributed by atoms with Crippen molar-refractivity contribution in [1.82, 2.24) is 4.90 Å². The smallest absolute Gasteiger partial charge is 0.254 e. The van der Waals surface area contributed by atoms with Gasteiger partial charge in [0.1, 0.15) is 5.82 Å². The Morgan fingerprint density at radius 3 is 3.00 bits per heavy atom. The van der Waals surface area contributed by atoms with Gasteiger partial charge in [-0.3, -0.25) is 4.79 Å². The molecule has 1 unspecified atom stereocenters. The molecule has 1 N–H and O–H groups in total. The van der Waals surface area contributed by atoms with Crippen LogP contribution in [0, 0.1) is 5.82 Å². The van der Waals surface area contributed by atoms with Crippen LogP contribution in [0.1, 0.15) is 36.0 Å². The van der Waals surface area contributed by atoms with Crippen molar-refractivity contribution < 1.29 is 14.3 Å². The molecule has 2 rings (SSSR count). The molecular weight excluding hydrogens is 313 g/mol. The SMILES string of the molecule is O=C(c1ccc(Br)c(F)c1)N1CCCC1CCCO. The molecule has 1 amide bonds. The maximum atomic E-state index is 13.5. The second-order valence-corrected chi connectivity index (χ2v) is 5.64. The van der Waals surface area contributed by atoms with Gasteiger partial charge in [0.15, 0.2) is 0 Å². The molecule has 1 aliphatic heterocycles. The average molecular weight is 330 g/mol. The summed E-state index contributed by atoms with van der Waals surface area (Å²) in [6, 6.07) is 4.64. The lowest BCUT2D eigenvalue weighted by molar-refractivity contribution is 0.0724. The number of rotatable bonds is 4. The van der Waals surface area contributed by atoms with E-state index in [1.165, 1.54) is 6.07 Å². The van der Waals surface area contributed by atoms with Crippen molar-refractivity contribution >= 4 is 21.8 Å². The number of amides is 1. The van der Waals surface area contributed by atoms with Crippen LogP contribution in [-0.2, 0) is 0 Å². The predicted octanol–water partition coefficient (Wildman–Crippen LogP) is 2.97. The fraction of sp³-hybridized carbons (Fsp3) is 0.500. The van der Waals surface area contributed by atoms with Crippen molar-refractivity contribution in [3.63, 3.8) is 0 Å². The third-order valence-corrected chi connectivity index (χ3v) is 4.14. The molecule has 0 bridgehead atoms. The van der Waals surface area contributed by atoms with Crippen molar-refractivity contribution in [3.05, 3.63) is 34.1 Å². The van der Waals surface area contributed by atoms with Crippen LogP contribution in [0.2, 0.25) is 0 Å². The number of aliphatic hydroxyl groups is 1. The molecule has 104 valence electrons. The molecule has 1 aromatic carbocycles. The van der Waals surface area contributed by atoms with Gasteiger partial charge in [0.2, 0.25) is 0 Å². The van der Waals surface area contributed by atoms with Crippen molar-refractivity contribution in [1.29, 1.82) is 0 Å². The summed E-state index contributed by atoms with van der Waals surface area (Å²) in [5, 5.41) is 8.88. The van der Waals surface area contributed by atoms with Crippen molar-refractivity contribution in [2.45, 2.75) is 31.7 Å². The molecule has 0 saturated carbocycles. The summed E-state index contributed by atoms with van der Waals surface area (Å²) < 4.78 is 13.8. The average Bonchev–Trinajstić information content (AvgIpc) is 2.87. The molecule has 1 fully saturated rings. The molecule has 0 aromatic heterocycles. The van der Waals surface area contributed by atoms with E-state index < -0.39 is 5.82 Å². The van der Waals surface area contributed by atoms with Gasteiger partial charge in [-0.05, 0) is 59.8 Å². The van der Waals surface area contributed by atoms with Gasteiger partial charge in [-0.25, -0.2) is 4.39 Å². The second kappa shape index (κ2) is 6.48. The summed E-state index contributed by atoms with van der Waals surface area (Å²) >= 11 is 3.08. The Balaban J connectivity index is 2.11. The Labute approximate surface area is 120 Å². The van der Waals surface area contributed by atoms with E-state index in [1.54, 1.807) is 17.0 Å². The fourth-order valence-corrected chi connectivity index (χ4v) is 2.77. The van der Waals surface area contributed by atoms with Crippen molar-refractivity contribution in [2.24, 2.45) is 0 Å². The van der Waals surface area contributed by atoms with Gasteiger partial charge in [0.25, 0.3) is 5.91 Å². The lowest BCUT2D eigenvalue weighted by atomic mass is 10.1. The monoisotopic (exact) mass is 329 g/mol. The van der Waals surface area contributed by atoms with Gasteiger partial charge in [0, 0.05) is 24.8 Å². The summed E-state index contributed by atoms with van der Waals surface area (Å²) in [4.78, 5) is 14.2. The van der Waals surface area contributed by atoms with E-state index in [0.29, 0.717) is 23.0 Å². The summed E-state index contributed by atoms with van der Waals surface area (Å²) in [7, 11) is 0. The number of aliphatic hydroxyl groups excluding tert-OH is 1. The van der Waals surface area contributed by atoms with Gasteiger partial charge in [-0.15, -0.1) is 0 Å². The second-order valence-electron chi connectivity index (χ2n) is 4.79. The molecule has 0 aliphatic carbocycles. The summed E-state index contributed by atoms with van der Waals surface area (Å²) in [5.74, 6) is -0.538. The highest BCUT2D eigenvalue weighted by molar-refractivity contribution is 9.10. The predicted molar refractivity (Wildman–Crippen MR) is 74.5 cm³/mol. The van der Waals surface area contributed by atoms with Gasteiger partial charge in [-0.1, -0.05) is 0 Å². The minimum Gasteiger partial charge on any atom is -0.396 e. The number of carbonyl (C=O) groups is 1.